The minimum atomic E-state index is -0.315. The van der Waals surface area contributed by atoms with Crippen LogP contribution in [0.5, 0.6) is 0 Å². The van der Waals surface area contributed by atoms with Gasteiger partial charge in [0.05, 0.1) is 19.3 Å². The highest BCUT2D eigenvalue weighted by atomic mass is 19.1. The van der Waals surface area contributed by atoms with Gasteiger partial charge >= 0.3 is 0 Å². The number of aryl methyl sites for hydroxylation is 1. The quantitative estimate of drug-likeness (QED) is 0.789. The number of halogens is 1. The molecule has 1 saturated heterocycles. The molecule has 1 fully saturated rings. The van der Waals surface area contributed by atoms with Gasteiger partial charge in [0.25, 0.3) is 5.56 Å². The molecule has 2 N–H and O–H groups in total. The zero-order valence-corrected chi connectivity index (χ0v) is 16.1. The molecule has 1 aliphatic rings. The van der Waals surface area contributed by atoms with Crippen molar-refractivity contribution in [3.8, 4) is 0 Å². The topological polar surface area (TPSA) is 87.3 Å². The maximum absolute atomic E-state index is 13.0. The average Bonchev–Trinajstić information content (AvgIpc) is 2.68. The van der Waals surface area contributed by atoms with Gasteiger partial charge in [-0.15, -0.1) is 0 Å². The molecule has 0 spiro atoms. The van der Waals surface area contributed by atoms with Crippen LogP contribution in [-0.4, -0.2) is 42.2 Å². The van der Waals surface area contributed by atoms with E-state index in [0.29, 0.717) is 49.9 Å². The van der Waals surface area contributed by atoms with Crippen molar-refractivity contribution in [2.45, 2.75) is 32.7 Å². The Morgan fingerprint density at radius 2 is 2.00 bits per heavy atom. The second kappa shape index (κ2) is 8.97. The van der Waals surface area contributed by atoms with E-state index >= 15 is 0 Å². The molecule has 1 aliphatic heterocycles. The lowest BCUT2D eigenvalue weighted by Crippen LogP contribution is -2.38. The second-order valence-corrected chi connectivity index (χ2v) is 6.89. The Morgan fingerprint density at radius 1 is 1.32 bits per heavy atom. The fourth-order valence-corrected chi connectivity index (χ4v) is 3.20. The summed E-state index contributed by atoms with van der Waals surface area (Å²) >= 11 is 0. The first-order chi connectivity index (χ1) is 13.4. The monoisotopic (exact) mass is 388 g/mol. The van der Waals surface area contributed by atoms with Crippen LogP contribution in [-0.2, 0) is 16.0 Å². The van der Waals surface area contributed by atoms with Crippen molar-refractivity contribution in [1.29, 1.82) is 0 Å². The number of nitrogens with one attached hydrogen (secondary N) is 2. The molecule has 0 radical (unpaired) electrons. The van der Waals surface area contributed by atoms with Crippen LogP contribution in [0.4, 0.5) is 10.3 Å². The molecule has 1 atom stereocenters. The van der Waals surface area contributed by atoms with Crippen LogP contribution in [0, 0.1) is 12.7 Å². The van der Waals surface area contributed by atoms with Gasteiger partial charge in [0.1, 0.15) is 5.82 Å². The summed E-state index contributed by atoms with van der Waals surface area (Å²) in [5, 5.41) is 2.87. The maximum atomic E-state index is 13.0. The molecule has 2 heterocycles. The number of aromatic amines is 1. The molecule has 0 unspecified atom stereocenters. The molecule has 8 heteroatoms. The molecule has 2 aromatic rings. The summed E-state index contributed by atoms with van der Waals surface area (Å²) in [6.45, 7) is 6.21. The first-order valence-electron chi connectivity index (χ1n) is 9.41. The third-order valence-electron chi connectivity index (χ3n) is 4.87. The number of aromatic nitrogens is 2. The van der Waals surface area contributed by atoms with E-state index in [1.54, 1.807) is 19.1 Å². The van der Waals surface area contributed by atoms with Crippen molar-refractivity contribution in [3.05, 3.63) is 57.3 Å². The highest BCUT2D eigenvalue weighted by Crippen LogP contribution is 2.14. The van der Waals surface area contributed by atoms with Gasteiger partial charge in [-0.2, -0.15) is 0 Å². The second-order valence-electron chi connectivity index (χ2n) is 6.89. The van der Waals surface area contributed by atoms with Crippen LogP contribution in [0.3, 0.4) is 0 Å². The Morgan fingerprint density at radius 3 is 2.64 bits per heavy atom. The lowest BCUT2D eigenvalue weighted by Gasteiger charge is -2.27. The highest BCUT2D eigenvalue weighted by Gasteiger charge is 2.17. The Hall–Kier alpha value is -2.74. The number of rotatable bonds is 6. The molecule has 28 heavy (non-hydrogen) atoms. The molecule has 0 aliphatic carbocycles. The zero-order valence-electron chi connectivity index (χ0n) is 16.1. The van der Waals surface area contributed by atoms with Gasteiger partial charge in [0, 0.05) is 30.8 Å². The van der Waals surface area contributed by atoms with Crippen LogP contribution in [0.2, 0.25) is 0 Å². The van der Waals surface area contributed by atoms with Crippen molar-refractivity contribution in [3.63, 3.8) is 0 Å². The molecule has 0 saturated carbocycles. The molecular formula is C20H25FN4O3. The number of carbonyl (C=O) groups is 1. The summed E-state index contributed by atoms with van der Waals surface area (Å²) in [6.07, 6.45) is 0.480. The largest absolute Gasteiger partial charge is 0.378 e. The zero-order chi connectivity index (χ0) is 20.1. The summed E-state index contributed by atoms with van der Waals surface area (Å²) in [5.74, 6) is 0.0572. The summed E-state index contributed by atoms with van der Waals surface area (Å²) in [5.41, 5.74) is 1.75. The molecule has 1 aromatic carbocycles. The van der Waals surface area contributed by atoms with Crippen LogP contribution in [0.15, 0.2) is 29.1 Å². The molecule has 150 valence electrons. The van der Waals surface area contributed by atoms with Crippen molar-refractivity contribution >= 4 is 11.9 Å². The van der Waals surface area contributed by atoms with Gasteiger partial charge < -0.3 is 15.0 Å². The van der Waals surface area contributed by atoms with E-state index in [1.165, 1.54) is 12.1 Å². The lowest BCUT2D eigenvalue weighted by molar-refractivity contribution is -0.121. The Labute approximate surface area is 162 Å². The third-order valence-corrected chi connectivity index (χ3v) is 4.87. The Kier molecular flexibility index (Phi) is 6.41. The molecular weight excluding hydrogens is 363 g/mol. The predicted octanol–water partition coefficient (Wildman–Crippen LogP) is 1.86. The molecule has 3 rings (SSSR count). The SMILES string of the molecule is Cc1nc(N2CCOCC2)[nH]c(=O)c1CCC(=O)N[C@@H](C)c1ccc(F)cc1. The minimum Gasteiger partial charge on any atom is -0.378 e. The van der Waals surface area contributed by atoms with Gasteiger partial charge in [-0.25, -0.2) is 9.37 Å². The minimum absolute atomic E-state index is 0.173. The number of amides is 1. The van der Waals surface area contributed by atoms with Crippen molar-refractivity contribution in [2.24, 2.45) is 0 Å². The van der Waals surface area contributed by atoms with E-state index in [4.69, 9.17) is 4.74 Å². The van der Waals surface area contributed by atoms with Gasteiger partial charge in [0.15, 0.2) is 0 Å². The standard InChI is InChI=1S/C20H25FN4O3/c1-13(15-3-5-16(21)6-4-15)22-18(26)8-7-17-14(2)23-20(24-19(17)27)25-9-11-28-12-10-25/h3-6,13H,7-12H2,1-2H3,(H,22,26)(H,23,24,27)/t13-/m0/s1. The number of hydrogen-bond acceptors (Lipinski definition) is 5. The van der Waals surface area contributed by atoms with E-state index in [1.807, 2.05) is 11.8 Å². The highest BCUT2D eigenvalue weighted by molar-refractivity contribution is 5.76. The van der Waals surface area contributed by atoms with E-state index < -0.39 is 0 Å². The first kappa shape index (κ1) is 20.0. The smallest absolute Gasteiger partial charge is 0.255 e. The molecule has 0 bridgehead atoms. The van der Waals surface area contributed by atoms with Gasteiger partial charge in [0.2, 0.25) is 11.9 Å². The number of morpholine rings is 1. The predicted molar refractivity (Wildman–Crippen MR) is 104 cm³/mol. The molecule has 1 aromatic heterocycles. The number of nitrogens with zero attached hydrogens (tertiary/aromatic N) is 2. The first-order valence-corrected chi connectivity index (χ1v) is 9.41. The number of anilines is 1. The molecule has 1 amide bonds. The van der Waals surface area contributed by atoms with Crippen LogP contribution in [0.1, 0.15) is 36.2 Å². The van der Waals surface area contributed by atoms with E-state index in [-0.39, 0.29) is 29.7 Å². The normalized spacial score (nSPS) is 15.3. The number of carbonyl (C=O) groups excluding carboxylic acids is 1. The van der Waals surface area contributed by atoms with E-state index in [2.05, 4.69) is 15.3 Å². The fraction of sp³-hybridized carbons (Fsp3) is 0.450. The number of ether oxygens (including phenoxy) is 1. The number of H-pyrrole nitrogens is 1. The third kappa shape index (κ3) is 4.95. The van der Waals surface area contributed by atoms with Gasteiger partial charge in [-0.3, -0.25) is 14.6 Å². The van der Waals surface area contributed by atoms with Gasteiger partial charge in [-0.05, 0) is 38.0 Å². The number of hydrogen-bond donors (Lipinski definition) is 2. The summed E-state index contributed by atoms with van der Waals surface area (Å²) in [7, 11) is 0. The van der Waals surface area contributed by atoms with Crippen molar-refractivity contribution in [2.75, 3.05) is 31.2 Å². The fourth-order valence-electron chi connectivity index (χ4n) is 3.20. The summed E-state index contributed by atoms with van der Waals surface area (Å²) < 4.78 is 18.3. The van der Waals surface area contributed by atoms with Crippen LogP contribution in [0.25, 0.3) is 0 Å². The van der Waals surface area contributed by atoms with Crippen LogP contribution >= 0.6 is 0 Å². The van der Waals surface area contributed by atoms with E-state index in [0.717, 1.165) is 5.56 Å². The molecule has 7 nitrogen and oxygen atoms in total. The van der Waals surface area contributed by atoms with Crippen molar-refractivity contribution < 1.29 is 13.9 Å². The van der Waals surface area contributed by atoms with Crippen LogP contribution < -0.4 is 15.8 Å². The Balaban J connectivity index is 1.59. The lowest BCUT2D eigenvalue weighted by atomic mass is 10.1. The summed E-state index contributed by atoms with van der Waals surface area (Å²) in [6, 6.07) is 5.77. The van der Waals surface area contributed by atoms with Crippen molar-refractivity contribution in [1.82, 2.24) is 15.3 Å². The number of benzene rings is 1. The Bertz CT molecular complexity index is 876. The summed E-state index contributed by atoms with van der Waals surface area (Å²) in [4.78, 5) is 34.0. The van der Waals surface area contributed by atoms with E-state index in [9.17, 15) is 14.0 Å². The maximum Gasteiger partial charge on any atom is 0.255 e. The average molecular weight is 388 g/mol. The van der Waals surface area contributed by atoms with Gasteiger partial charge in [-0.1, -0.05) is 12.1 Å².